The predicted molar refractivity (Wildman–Crippen MR) is 106 cm³/mol. The quantitative estimate of drug-likeness (QED) is 0.654. The molecule has 2 amide bonds. The summed E-state index contributed by atoms with van der Waals surface area (Å²) in [6.07, 6.45) is 2.06. The molecule has 1 fully saturated rings. The average molecular weight is 414 g/mol. The van der Waals surface area contributed by atoms with Gasteiger partial charge in [0.1, 0.15) is 0 Å². The second-order valence-corrected chi connectivity index (χ2v) is 7.56. The minimum absolute atomic E-state index is 0.106. The summed E-state index contributed by atoms with van der Waals surface area (Å²) in [6.45, 7) is 0.166. The molecule has 1 aliphatic rings. The molecule has 0 radical (unpaired) electrons. The zero-order valence-electron chi connectivity index (χ0n) is 14.0. The second-order valence-electron chi connectivity index (χ2n) is 6.34. The number of nitrogens with zero attached hydrogens (tertiary/aromatic N) is 1. The summed E-state index contributed by atoms with van der Waals surface area (Å²) in [5.74, 6) is 0. The predicted octanol–water partition coefficient (Wildman–Crippen LogP) is 5.77. The van der Waals surface area contributed by atoms with E-state index in [-0.39, 0.29) is 18.6 Å². The molecule has 1 aliphatic carbocycles. The highest BCUT2D eigenvalue weighted by molar-refractivity contribution is 6.42. The highest BCUT2D eigenvalue weighted by Gasteiger charge is 2.31. The maximum atomic E-state index is 12.8. The van der Waals surface area contributed by atoms with Gasteiger partial charge in [0, 0.05) is 6.04 Å². The molecular weight excluding hydrogens is 395 g/mol. The molecule has 0 aliphatic heterocycles. The van der Waals surface area contributed by atoms with Crippen molar-refractivity contribution in [1.29, 1.82) is 0 Å². The largest absolute Gasteiger partial charge is 0.387 e. The van der Waals surface area contributed by atoms with Crippen molar-refractivity contribution < 1.29 is 9.90 Å². The van der Waals surface area contributed by atoms with Crippen LogP contribution in [0.25, 0.3) is 0 Å². The summed E-state index contributed by atoms with van der Waals surface area (Å²) in [6, 6.07) is 11.9. The first-order valence-corrected chi connectivity index (χ1v) is 9.54. The topological polar surface area (TPSA) is 52.6 Å². The van der Waals surface area contributed by atoms with Gasteiger partial charge < -0.3 is 15.3 Å². The maximum absolute atomic E-state index is 12.8. The Morgan fingerprint density at radius 2 is 1.85 bits per heavy atom. The van der Waals surface area contributed by atoms with Crippen LogP contribution in [0, 0.1) is 0 Å². The molecule has 0 saturated heterocycles. The third-order valence-corrected chi connectivity index (χ3v) is 5.66. The van der Waals surface area contributed by atoms with Crippen molar-refractivity contribution >= 4 is 46.5 Å². The van der Waals surface area contributed by atoms with E-state index in [1.807, 2.05) is 0 Å². The smallest absolute Gasteiger partial charge is 0.322 e. The number of hydrogen-bond donors (Lipinski definition) is 2. The van der Waals surface area contributed by atoms with Gasteiger partial charge in [0.15, 0.2) is 0 Å². The van der Waals surface area contributed by atoms with E-state index in [2.05, 4.69) is 5.32 Å². The molecule has 0 aromatic heterocycles. The monoisotopic (exact) mass is 412 g/mol. The van der Waals surface area contributed by atoms with Crippen LogP contribution in [0.4, 0.5) is 10.5 Å². The zero-order chi connectivity index (χ0) is 18.7. The number of amides is 2. The minimum atomic E-state index is -0.859. The number of aliphatic hydroxyl groups excluding tert-OH is 1. The molecule has 138 valence electrons. The van der Waals surface area contributed by atoms with Gasteiger partial charge in [-0.25, -0.2) is 4.79 Å². The summed E-state index contributed by atoms with van der Waals surface area (Å²) < 4.78 is 0. The van der Waals surface area contributed by atoms with Crippen LogP contribution in [-0.2, 0) is 0 Å². The fourth-order valence-corrected chi connectivity index (χ4v) is 3.35. The van der Waals surface area contributed by atoms with E-state index >= 15 is 0 Å². The van der Waals surface area contributed by atoms with Crippen LogP contribution >= 0.6 is 34.8 Å². The fraction of sp³-hybridized carbons (Fsp3) is 0.316. The molecule has 2 aromatic rings. The number of benzene rings is 2. The van der Waals surface area contributed by atoms with Crippen LogP contribution in [0.3, 0.4) is 0 Å². The summed E-state index contributed by atoms with van der Waals surface area (Å²) in [5, 5.41) is 14.7. The van der Waals surface area contributed by atoms with E-state index < -0.39 is 6.10 Å². The van der Waals surface area contributed by atoms with Crippen LogP contribution in [0.2, 0.25) is 15.1 Å². The number of nitrogens with one attached hydrogen (secondary N) is 1. The Morgan fingerprint density at radius 3 is 2.46 bits per heavy atom. The van der Waals surface area contributed by atoms with Crippen LogP contribution in [0.15, 0.2) is 42.5 Å². The van der Waals surface area contributed by atoms with Crippen molar-refractivity contribution in [3.8, 4) is 0 Å². The number of carbonyl (C=O) groups is 1. The van der Waals surface area contributed by atoms with E-state index in [0.29, 0.717) is 26.3 Å². The Hall–Kier alpha value is -1.46. The number of halogens is 3. The van der Waals surface area contributed by atoms with Crippen molar-refractivity contribution in [3.63, 3.8) is 0 Å². The van der Waals surface area contributed by atoms with Gasteiger partial charge in [-0.2, -0.15) is 0 Å². The van der Waals surface area contributed by atoms with Crippen molar-refractivity contribution in [1.82, 2.24) is 4.90 Å². The molecule has 1 saturated carbocycles. The zero-order valence-corrected chi connectivity index (χ0v) is 16.2. The lowest BCUT2D eigenvalue weighted by Crippen LogP contribution is -2.48. The van der Waals surface area contributed by atoms with Gasteiger partial charge in [-0.15, -0.1) is 0 Å². The van der Waals surface area contributed by atoms with Crippen molar-refractivity contribution in [3.05, 3.63) is 63.1 Å². The molecule has 2 N–H and O–H groups in total. The molecule has 1 atom stereocenters. The lowest BCUT2D eigenvalue weighted by Gasteiger charge is -2.38. The average Bonchev–Trinajstić information content (AvgIpc) is 2.57. The fourth-order valence-electron chi connectivity index (χ4n) is 2.86. The number of rotatable bonds is 5. The second kappa shape index (κ2) is 8.49. The van der Waals surface area contributed by atoms with Crippen LogP contribution in [-0.4, -0.2) is 28.6 Å². The van der Waals surface area contributed by atoms with Crippen LogP contribution in [0.1, 0.15) is 30.9 Å². The van der Waals surface area contributed by atoms with E-state index in [9.17, 15) is 9.90 Å². The highest BCUT2D eigenvalue weighted by atomic mass is 35.5. The summed E-state index contributed by atoms with van der Waals surface area (Å²) in [4.78, 5) is 14.5. The molecule has 0 heterocycles. The minimum Gasteiger partial charge on any atom is -0.387 e. The molecule has 2 aromatic carbocycles. The first-order chi connectivity index (χ1) is 12.5. The Balaban J connectivity index is 1.74. The summed E-state index contributed by atoms with van der Waals surface area (Å²) in [5.41, 5.74) is 1.17. The number of carbonyl (C=O) groups excluding carboxylic acids is 1. The molecule has 4 nitrogen and oxygen atoms in total. The normalized spacial score (nSPS) is 15.2. The Bertz CT molecular complexity index is 796. The third-order valence-electron chi connectivity index (χ3n) is 4.59. The van der Waals surface area contributed by atoms with Crippen LogP contribution < -0.4 is 5.32 Å². The molecule has 0 unspecified atom stereocenters. The molecule has 0 spiro atoms. The van der Waals surface area contributed by atoms with Gasteiger partial charge in [0.05, 0.1) is 33.4 Å². The molecule has 3 rings (SSSR count). The van der Waals surface area contributed by atoms with Crippen molar-refractivity contribution in [2.45, 2.75) is 31.4 Å². The van der Waals surface area contributed by atoms with Gasteiger partial charge in [-0.3, -0.25) is 0 Å². The Morgan fingerprint density at radius 1 is 1.12 bits per heavy atom. The molecule has 7 heteroatoms. The molecular formula is C19H19Cl3N2O2. The van der Waals surface area contributed by atoms with E-state index in [1.165, 1.54) is 0 Å². The van der Waals surface area contributed by atoms with E-state index in [4.69, 9.17) is 34.8 Å². The number of anilines is 1. The van der Waals surface area contributed by atoms with Gasteiger partial charge in [-0.05, 0) is 49.1 Å². The van der Waals surface area contributed by atoms with Gasteiger partial charge in [-0.1, -0.05) is 53.0 Å². The highest BCUT2D eigenvalue weighted by Crippen LogP contribution is 2.30. The number of urea groups is 1. The summed E-state index contributed by atoms with van der Waals surface area (Å²) >= 11 is 18.1. The lowest BCUT2D eigenvalue weighted by atomic mass is 9.91. The van der Waals surface area contributed by atoms with Gasteiger partial charge >= 0.3 is 6.03 Å². The lowest BCUT2D eigenvalue weighted by molar-refractivity contribution is 0.0840. The Labute approximate surface area is 167 Å². The Kier molecular flexibility index (Phi) is 6.30. The van der Waals surface area contributed by atoms with Crippen molar-refractivity contribution in [2.75, 3.05) is 11.9 Å². The van der Waals surface area contributed by atoms with Crippen molar-refractivity contribution in [2.24, 2.45) is 0 Å². The van der Waals surface area contributed by atoms with E-state index in [0.717, 1.165) is 19.3 Å². The van der Waals surface area contributed by atoms with Gasteiger partial charge in [0.25, 0.3) is 0 Å². The maximum Gasteiger partial charge on any atom is 0.322 e. The van der Waals surface area contributed by atoms with E-state index in [1.54, 1.807) is 47.4 Å². The summed E-state index contributed by atoms with van der Waals surface area (Å²) in [7, 11) is 0. The first-order valence-electron chi connectivity index (χ1n) is 8.41. The SMILES string of the molecule is O=C(Nc1ccccc1Cl)N(C[C@@H](O)c1ccc(Cl)c(Cl)c1)C1CCC1. The number of para-hydroxylation sites is 1. The number of aliphatic hydroxyl groups is 1. The third kappa shape index (κ3) is 4.44. The van der Waals surface area contributed by atoms with Crippen LogP contribution in [0.5, 0.6) is 0 Å². The standard InChI is InChI=1S/C19H19Cl3N2O2/c20-14-9-8-12(10-16(14)22)18(25)11-24(13-4-3-5-13)19(26)23-17-7-2-1-6-15(17)21/h1-2,6-10,13,18,25H,3-5,11H2,(H,23,26)/t18-/m1/s1. The molecule has 0 bridgehead atoms. The van der Waals surface area contributed by atoms with Gasteiger partial charge in [0.2, 0.25) is 0 Å². The molecule has 26 heavy (non-hydrogen) atoms. The first kappa shape index (κ1) is 19.3. The number of hydrogen-bond acceptors (Lipinski definition) is 2.